The van der Waals surface area contributed by atoms with Gasteiger partial charge in [0.2, 0.25) is 0 Å². The van der Waals surface area contributed by atoms with E-state index in [1.54, 1.807) is 0 Å². The van der Waals surface area contributed by atoms with Gasteiger partial charge < -0.3 is 5.73 Å². The van der Waals surface area contributed by atoms with E-state index in [1.807, 2.05) is 16.9 Å². The molecule has 0 aliphatic heterocycles. The summed E-state index contributed by atoms with van der Waals surface area (Å²) >= 11 is 0. The SMILES string of the molecule is CCn1nccc1CC(CN)c1ccccc1. The molecule has 3 nitrogen and oxygen atoms in total. The molecule has 1 unspecified atom stereocenters. The van der Waals surface area contributed by atoms with Gasteiger partial charge in [-0.3, -0.25) is 4.68 Å². The highest BCUT2D eigenvalue weighted by molar-refractivity contribution is 5.22. The number of hydrogen-bond acceptors (Lipinski definition) is 2. The summed E-state index contributed by atoms with van der Waals surface area (Å²) in [5.74, 6) is 0.373. The third-order valence-electron chi connectivity index (χ3n) is 3.12. The maximum atomic E-state index is 5.88. The van der Waals surface area contributed by atoms with E-state index in [0.29, 0.717) is 12.5 Å². The Bertz CT molecular complexity index is 448. The van der Waals surface area contributed by atoms with Crippen LogP contribution in [0.15, 0.2) is 42.6 Å². The first-order valence-corrected chi connectivity index (χ1v) is 6.10. The van der Waals surface area contributed by atoms with Crippen molar-refractivity contribution >= 4 is 0 Å². The van der Waals surface area contributed by atoms with Crippen LogP contribution in [0.4, 0.5) is 0 Å². The van der Waals surface area contributed by atoms with Gasteiger partial charge in [0.15, 0.2) is 0 Å². The van der Waals surface area contributed by atoms with E-state index in [2.05, 4.69) is 42.4 Å². The monoisotopic (exact) mass is 229 g/mol. The van der Waals surface area contributed by atoms with E-state index in [0.717, 1.165) is 13.0 Å². The molecule has 2 aromatic rings. The van der Waals surface area contributed by atoms with Crippen molar-refractivity contribution in [1.82, 2.24) is 9.78 Å². The maximum absolute atomic E-state index is 5.88. The van der Waals surface area contributed by atoms with Crippen molar-refractivity contribution in [2.75, 3.05) is 6.54 Å². The van der Waals surface area contributed by atoms with Crippen LogP contribution in [-0.4, -0.2) is 16.3 Å². The summed E-state index contributed by atoms with van der Waals surface area (Å²) in [5.41, 5.74) is 8.44. The molecule has 17 heavy (non-hydrogen) atoms. The normalized spacial score (nSPS) is 12.6. The van der Waals surface area contributed by atoms with E-state index in [4.69, 9.17) is 5.73 Å². The quantitative estimate of drug-likeness (QED) is 0.854. The molecule has 90 valence electrons. The fourth-order valence-corrected chi connectivity index (χ4v) is 2.13. The molecular formula is C14H19N3. The second-order valence-electron chi connectivity index (χ2n) is 4.19. The van der Waals surface area contributed by atoms with Crippen molar-refractivity contribution in [3.63, 3.8) is 0 Å². The highest BCUT2D eigenvalue weighted by Crippen LogP contribution is 2.19. The maximum Gasteiger partial charge on any atom is 0.0492 e. The molecule has 1 atom stereocenters. The lowest BCUT2D eigenvalue weighted by atomic mass is 9.94. The van der Waals surface area contributed by atoms with Crippen molar-refractivity contribution in [3.05, 3.63) is 53.9 Å². The van der Waals surface area contributed by atoms with Crippen LogP contribution in [0.1, 0.15) is 24.1 Å². The number of nitrogens with two attached hydrogens (primary N) is 1. The van der Waals surface area contributed by atoms with Gasteiger partial charge in [-0.2, -0.15) is 5.10 Å². The number of benzene rings is 1. The molecular weight excluding hydrogens is 210 g/mol. The molecule has 0 aliphatic carbocycles. The van der Waals surface area contributed by atoms with Crippen LogP contribution in [-0.2, 0) is 13.0 Å². The Hall–Kier alpha value is -1.61. The molecule has 0 fully saturated rings. The molecule has 1 aromatic heterocycles. The van der Waals surface area contributed by atoms with Crippen LogP contribution >= 0.6 is 0 Å². The molecule has 0 bridgehead atoms. The van der Waals surface area contributed by atoms with Gasteiger partial charge in [0, 0.05) is 24.4 Å². The van der Waals surface area contributed by atoms with Crippen molar-refractivity contribution in [2.24, 2.45) is 5.73 Å². The predicted molar refractivity (Wildman–Crippen MR) is 69.8 cm³/mol. The zero-order valence-corrected chi connectivity index (χ0v) is 10.2. The lowest BCUT2D eigenvalue weighted by Crippen LogP contribution is -2.17. The van der Waals surface area contributed by atoms with Gasteiger partial charge in [-0.15, -0.1) is 0 Å². The van der Waals surface area contributed by atoms with Crippen LogP contribution in [0.3, 0.4) is 0 Å². The summed E-state index contributed by atoms with van der Waals surface area (Å²) in [6.45, 7) is 3.68. The van der Waals surface area contributed by atoms with Gasteiger partial charge in [-0.1, -0.05) is 30.3 Å². The van der Waals surface area contributed by atoms with Gasteiger partial charge in [-0.05, 0) is 31.5 Å². The summed E-state index contributed by atoms with van der Waals surface area (Å²) in [6, 6.07) is 12.5. The first-order chi connectivity index (χ1) is 8.35. The molecule has 2 rings (SSSR count). The third kappa shape index (κ3) is 2.74. The molecule has 0 radical (unpaired) electrons. The smallest absolute Gasteiger partial charge is 0.0492 e. The van der Waals surface area contributed by atoms with Crippen molar-refractivity contribution < 1.29 is 0 Å². The first kappa shape index (κ1) is 11.9. The number of aromatic nitrogens is 2. The molecule has 0 saturated heterocycles. The molecule has 1 heterocycles. The zero-order chi connectivity index (χ0) is 12.1. The molecule has 0 amide bonds. The summed E-state index contributed by atoms with van der Waals surface area (Å²) in [7, 11) is 0. The van der Waals surface area contributed by atoms with Crippen molar-refractivity contribution in [2.45, 2.75) is 25.8 Å². The first-order valence-electron chi connectivity index (χ1n) is 6.10. The molecule has 3 heteroatoms. The minimum absolute atomic E-state index is 0.373. The minimum atomic E-state index is 0.373. The predicted octanol–water partition coefficient (Wildman–Crippen LogP) is 2.19. The van der Waals surface area contributed by atoms with E-state index in [1.165, 1.54) is 11.3 Å². The Morgan fingerprint density at radius 2 is 2.00 bits per heavy atom. The number of rotatable bonds is 5. The highest BCUT2D eigenvalue weighted by Gasteiger charge is 2.12. The van der Waals surface area contributed by atoms with Crippen molar-refractivity contribution in [1.29, 1.82) is 0 Å². The Morgan fingerprint density at radius 3 is 2.65 bits per heavy atom. The molecule has 2 N–H and O–H groups in total. The second kappa shape index (κ2) is 5.64. The standard InChI is InChI=1S/C14H19N3/c1-2-17-14(8-9-16-17)10-13(11-15)12-6-4-3-5-7-12/h3-9,13H,2,10-11,15H2,1H3. The summed E-state index contributed by atoms with van der Waals surface area (Å²) in [4.78, 5) is 0. The van der Waals surface area contributed by atoms with E-state index in [-0.39, 0.29) is 0 Å². The van der Waals surface area contributed by atoms with Gasteiger partial charge in [0.25, 0.3) is 0 Å². The zero-order valence-electron chi connectivity index (χ0n) is 10.2. The van der Waals surface area contributed by atoms with Gasteiger partial charge in [0.1, 0.15) is 0 Å². The number of hydrogen-bond donors (Lipinski definition) is 1. The van der Waals surface area contributed by atoms with Crippen LogP contribution in [0.5, 0.6) is 0 Å². The second-order valence-corrected chi connectivity index (χ2v) is 4.19. The fraction of sp³-hybridized carbons (Fsp3) is 0.357. The number of aryl methyl sites for hydroxylation is 1. The van der Waals surface area contributed by atoms with E-state index < -0.39 is 0 Å². The van der Waals surface area contributed by atoms with E-state index in [9.17, 15) is 0 Å². The van der Waals surface area contributed by atoms with Gasteiger partial charge in [-0.25, -0.2) is 0 Å². The lowest BCUT2D eigenvalue weighted by molar-refractivity contribution is 0.585. The Kier molecular flexibility index (Phi) is 3.94. The molecule has 0 aliphatic rings. The van der Waals surface area contributed by atoms with Gasteiger partial charge in [0.05, 0.1) is 0 Å². The van der Waals surface area contributed by atoms with Crippen LogP contribution < -0.4 is 5.73 Å². The van der Waals surface area contributed by atoms with Crippen LogP contribution in [0, 0.1) is 0 Å². The topological polar surface area (TPSA) is 43.8 Å². The highest BCUT2D eigenvalue weighted by atomic mass is 15.3. The lowest BCUT2D eigenvalue weighted by Gasteiger charge is -2.15. The minimum Gasteiger partial charge on any atom is -0.330 e. The van der Waals surface area contributed by atoms with E-state index >= 15 is 0 Å². The molecule has 0 spiro atoms. The van der Waals surface area contributed by atoms with Crippen molar-refractivity contribution in [3.8, 4) is 0 Å². The average molecular weight is 229 g/mol. The summed E-state index contributed by atoms with van der Waals surface area (Å²) in [5, 5.41) is 4.29. The largest absolute Gasteiger partial charge is 0.330 e. The Labute approximate surface area is 102 Å². The van der Waals surface area contributed by atoms with Crippen LogP contribution in [0.25, 0.3) is 0 Å². The fourth-order valence-electron chi connectivity index (χ4n) is 2.13. The Balaban J connectivity index is 2.16. The molecule has 0 saturated carbocycles. The summed E-state index contributed by atoms with van der Waals surface area (Å²) in [6.07, 6.45) is 2.81. The third-order valence-corrected chi connectivity index (χ3v) is 3.12. The molecule has 1 aromatic carbocycles. The van der Waals surface area contributed by atoms with Gasteiger partial charge >= 0.3 is 0 Å². The Morgan fingerprint density at radius 1 is 1.24 bits per heavy atom. The number of nitrogens with zero attached hydrogens (tertiary/aromatic N) is 2. The summed E-state index contributed by atoms with van der Waals surface area (Å²) < 4.78 is 2.03. The average Bonchev–Trinajstić information content (AvgIpc) is 2.84. The van der Waals surface area contributed by atoms with Crippen LogP contribution in [0.2, 0.25) is 0 Å².